The van der Waals surface area contributed by atoms with Gasteiger partial charge in [-0.2, -0.15) is 0 Å². The first-order valence-corrected chi connectivity index (χ1v) is 11.7. The topological polar surface area (TPSA) is 75.6 Å². The number of aliphatic hydroxyl groups excluding tert-OH is 1. The van der Waals surface area contributed by atoms with Crippen LogP contribution in [0.2, 0.25) is 0 Å². The summed E-state index contributed by atoms with van der Waals surface area (Å²) < 4.78 is 34.7. The molecule has 3 aromatic rings. The fourth-order valence-electron chi connectivity index (χ4n) is 3.25. The second kappa shape index (κ2) is 9.12. The van der Waals surface area contributed by atoms with Gasteiger partial charge >= 0.3 is 0 Å². The van der Waals surface area contributed by atoms with Gasteiger partial charge in [-0.1, -0.05) is 68.8 Å². The van der Waals surface area contributed by atoms with Crippen molar-refractivity contribution in [3.8, 4) is 16.9 Å². The third kappa shape index (κ3) is 5.46. The van der Waals surface area contributed by atoms with Gasteiger partial charge in [0.15, 0.2) is 0 Å². The molecule has 0 aliphatic carbocycles. The molecule has 0 saturated heterocycles. The Hall–Kier alpha value is -2.83. The van der Waals surface area contributed by atoms with Crippen molar-refractivity contribution in [2.24, 2.45) is 0 Å². The van der Waals surface area contributed by atoms with Crippen molar-refractivity contribution in [2.75, 3.05) is 17.9 Å². The molecule has 31 heavy (non-hydrogen) atoms. The molecule has 0 spiro atoms. The minimum Gasteiger partial charge on any atom is -0.490 e. The molecule has 6 heteroatoms. The van der Waals surface area contributed by atoms with Gasteiger partial charge in [0.2, 0.25) is 0 Å². The van der Waals surface area contributed by atoms with Crippen LogP contribution in [-0.2, 0) is 15.4 Å². The third-order valence-electron chi connectivity index (χ3n) is 4.99. The molecule has 0 heterocycles. The molecule has 5 nitrogen and oxygen atoms in total. The van der Waals surface area contributed by atoms with Crippen LogP contribution in [0.1, 0.15) is 31.9 Å². The van der Waals surface area contributed by atoms with Gasteiger partial charge in [0.05, 0.1) is 17.2 Å². The molecule has 0 saturated carbocycles. The van der Waals surface area contributed by atoms with E-state index < -0.39 is 10.0 Å². The number of hydrogen-bond acceptors (Lipinski definition) is 4. The molecule has 0 unspecified atom stereocenters. The lowest BCUT2D eigenvalue weighted by Gasteiger charge is -2.20. The molecular weight excluding hydrogens is 410 g/mol. The highest BCUT2D eigenvalue weighted by atomic mass is 32.2. The Morgan fingerprint density at radius 2 is 1.58 bits per heavy atom. The van der Waals surface area contributed by atoms with Crippen LogP contribution in [0, 0.1) is 6.92 Å². The molecule has 2 N–H and O–H groups in total. The van der Waals surface area contributed by atoms with Crippen LogP contribution in [0.5, 0.6) is 5.75 Å². The van der Waals surface area contributed by atoms with Crippen LogP contribution in [0.3, 0.4) is 0 Å². The minimum atomic E-state index is -3.81. The summed E-state index contributed by atoms with van der Waals surface area (Å²) in [6.07, 6.45) is 0. The van der Waals surface area contributed by atoms with Gasteiger partial charge < -0.3 is 9.84 Å². The normalized spacial score (nSPS) is 11.9. The molecule has 3 aromatic carbocycles. The number of hydrogen-bond donors (Lipinski definition) is 2. The van der Waals surface area contributed by atoms with Gasteiger partial charge in [0, 0.05) is 5.56 Å². The average Bonchev–Trinajstić information content (AvgIpc) is 2.72. The SMILES string of the molecule is Cc1ccc(-c2c(NS(=O)(=O)c3ccc(C(C)(C)C)cc3)cccc2OCCO)cc1. The maximum Gasteiger partial charge on any atom is 0.261 e. The van der Waals surface area contributed by atoms with Crippen molar-refractivity contribution in [3.63, 3.8) is 0 Å². The predicted octanol–water partition coefficient (Wildman–Crippen LogP) is 5.13. The second-order valence-electron chi connectivity index (χ2n) is 8.50. The first-order valence-electron chi connectivity index (χ1n) is 10.2. The summed E-state index contributed by atoms with van der Waals surface area (Å²) in [5.74, 6) is 0.501. The highest BCUT2D eigenvalue weighted by Gasteiger charge is 2.21. The Morgan fingerprint density at radius 3 is 2.16 bits per heavy atom. The van der Waals surface area contributed by atoms with Gasteiger partial charge in [-0.15, -0.1) is 0 Å². The molecule has 3 rings (SSSR count). The lowest BCUT2D eigenvalue weighted by Crippen LogP contribution is -2.15. The zero-order chi connectivity index (χ0) is 22.6. The molecule has 0 amide bonds. The molecule has 0 aliphatic rings. The van der Waals surface area contributed by atoms with E-state index in [1.165, 1.54) is 0 Å². The van der Waals surface area contributed by atoms with E-state index in [4.69, 9.17) is 4.74 Å². The number of nitrogens with one attached hydrogen (secondary N) is 1. The lowest BCUT2D eigenvalue weighted by molar-refractivity contribution is 0.202. The van der Waals surface area contributed by atoms with E-state index >= 15 is 0 Å². The van der Waals surface area contributed by atoms with Crippen LogP contribution in [0.25, 0.3) is 11.1 Å². The number of ether oxygens (including phenoxy) is 1. The van der Waals surface area contributed by atoms with Gasteiger partial charge in [0.25, 0.3) is 10.0 Å². The quantitative estimate of drug-likeness (QED) is 0.535. The lowest BCUT2D eigenvalue weighted by atomic mass is 9.87. The Bertz CT molecular complexity index is 1130. The molecule has 0 bridgehead atoms. The van der Waals surface area contributed by atoms with Gasteiger partial charge in [-0.25, -0.2) is 8.42 Å². The van der Waals surface area contributed by atoms with E-state index in [0.29, 0.717) is 17.0 Å². The van der Waals surface area contributed by atoms with Gasteiger partial charge in [-0.05, 0) is 47.7 Å². The minimum absolute atomic E-state index is 0.0628. The average molecular weight is 440 g/mol. The van der Waals surface area contributed by atoms with Crippen LogP contribution in [0.4, 0.5) is 5.69 Å². The van der Waals surface area contributed by atoms with E-state index in [-0.39, 0.29) is 23.5 Å². The maximum atomic E-state index is 13.1. The Morgan fingerprint density at radius 1 is 0.935 bits per heavy atom. The monoisotopic (exact) mass is 439 g/mol. The summed E-state index contributed by atoms with van der Waals surface area (Å²) in [6.45, 7) is 8.22. The van der Waals surface area contributed by atoms with E-state index in [2.05, 4.69) is 25.5 Å². The first kappa shape index (κ1) is 22.8. The number of aliphatic hydroxyl groups is 1. The zero-order valence-corrected chi connectivity index (χ0v) is 19.2. The molecule has 0 aromatic heterocycles. The van der Waals surface area contributed by atoms with Gasteiger partial charge in [-0.3, -0.25) is 4.72 Å². The number of rotatable bonds is 7. The van der Waals surface area contributed by atoms with Crippen molar-refractivity contribution in [2.45, 2.75) is 38.0 Å². The number of benzene rings is 3. The summed E-state index contributed by atoms with van der Waals surface area (Å²) in [4.78, 5) is 0.192. The van der Waals surface area contributed by atoms with E-state index in [1.54, 1.807) is 30.3 Å². The molecule has 0 atom stereocenters. The molecule has 0 aliphatic heterocycles. The zero-order valence-electron chi connectivity index (χ0n) is 18.3. The van der Waals surface area contributed by atoms with Crippen molar-refractivity contribution >= 4 is 15.7 Å². The molecule has 164 valence electrons. The Kier molecular flexibility index (Phi) is 6.72. The van der Waals surface area contributed by atoms with Crippen molar-refractivity contribution in [3.05, 3.63) is 77.9 Å². The molecule has 0 fully saturated rings. The van der Waals surface area contributed by atoms with Crippen LogP contribution >= 0.6 is 0 Å². The fraction of sp³-hybridized carbons (Fsp3) is 0.280. The van der Waals surface area contributed by atoms with Crippen molar-refractivity contribution < 1.29 is 18.3 Å². The number of sulfonamides is 1. The second-order valence-corrected chi connectivity index (χ2v) is 10.2. The number of aryl methyl sites for hydroxylation is 1. The van der Waals surface area contributed by atoms with Crippen molar-refractivity contribution in [1.29, 1.82) is 0 Å². The fourth-order valence-corrected chi connectivity index (χ4v) is 4.32. The summed E-state index contributed by atoms with van der Waals surface area (Å²) in [6, 6.07) is 19.9. The predicted molar refractivity (Wildman–Crippen MR) is 125 cm³/mol. The highest BCUT2D eigenvalue weighted by molar-refractivity contribution is 7.92. The van der Waals surface area contributed by atoms with Gasteiger partial charge in [0.1, 0.15) is 12.4 Å². The standard InChI is InChI=1S/C25H29NO4S/c1-18-8-10-19(11-9-18)24-22(6-5-7-23(24)30-17-16-27)26-31(28,29)21-14-12-20(13-15-21)25(2,3)4/h5-15,26-27H,16-17H2,1-4H3. The van der Waals surface area contributed by atoms with E-state index in [1.807, 2.05) is 43.3 Å². The Labute approximate surface area is 184 Å². The highest BCUT2D eigenvalue weighted by Crippen LogP contribution is 2.38. The van der Waals surface area contributed by atoms with Crippen LogP contribution in [-0.4, -0.2) is 26.7 Å². The van der Waals surface area contributed by atoms with E-state index in [9.17, 15) is 13.5 Å². The first-order chi connectivity index (χ1) is 14.6. The Balaban J connectivity index is 2.02. The maximum absolute atomic E-state index is 13.1. The summed E-state index contributed by atoms with van der Waals surface area (Å²) in [5.41, 5.74) is 3.96. The van der Waals surface area contributed by atoms with Crippen LogP contribution < -0.4 is 9.46 Å². The number of anilines is 1. The largest absolute Gasteiger partial charge is 0.490 e. The summed E-state index contributed by atoms with van der Waals surface area (Å²) in [5, 5.41) is 9.17. The van der Waals surface area contributed by atoms with Crippen molar-refractivity contribution in [1.82, 2.24) is 0 Å². The summed E-state index contributed by atoms with van der Waals surface area (Å²) in [7, 11) is -3.81. The summed E-state index contributed by atoms with van der Waals surface area (Å²) >= 11 is 0. The smallest absolute Gasteiger partial charge is 0.261 e. The molecular formula is C25H29NO4S. The van der Waals surface area contributed by atoms with E-state index in [0.717, 1.165) is 16.7 Å². The third-order valence-corrected chi connectivity index (χ3v) is 6.37. The molecule has 0 radical (unpaired) electrons. The van der Waals surface area contributed by atoms with Crippen LogP contribution in [0.15, 0.2) is 71.6 Å².